The lowest BCUT2D eigenvalue weighted by molar-refractivity contribution is -0.147. The molecular weight excluding hydrogens is 610 g/mol. The quantitative estimate of drug-likeness (QED) is 0.225. The van der Waals surface area contributed by atoms with Gasteiger partial charge < -0.3 is 30.1 Å². The van der Waals surface area contributed by atoms with Crippen LogP contribution in [-0.4, -0.2) is 72.3 Å². The number of aliphatic hydroxyl groups is 1. The van der Waals surface area contributed by atoms with Crippen LogP contribution in [0.2, 0.25) is 0 Å². The number of benzene rings is 3. The number of hydrogen-bond acceptors (Lipinski definition) is 7. The second-order valence-electron chi connectivity index (χ2n) is 12.3. The summed E-state index contributed by atoms with van der Waals surface area (Å²) < 4.78 is 11.2. The first-order chi connectivity index (χ1) is 23.3. The van der Waals surface area contributed by atoms with E-state index in [1.54, 1.807) is 11.8 Å². The number of fused-ring (bicyclic) bond motifs is 3. The van der Waals surface area contributed by atoms with E-state index in [4.69, 9.17) is 9.47 Å². The summed E-state index contributed by atoms with van der Waals surface area (Å²) in [5, 5.41) is 15.1. The average Bonchev–Trinajstić information content (AvgIpc) is 3.42. The lowest BCUT2D eigenvalue weighted by atomic mass is 9.98. The van der Waals surface area contributed by atoms with Gasteiger partial charge >= 0.3 is 12.1 Å². The van der Waals surface area contributed by atoms with Crippen LogP contribution in [0.1, 0.15) is 55.2 Å². The van der Waals surface area contributed by atoms with Gasteiger partial charge in [0.2, 0.25) is 11.8 Å². The fourth-order valence-corrected chi connectivity index (χ4v) is 6.22. The topological polar surface area (TPSA) is 134 Å². The molecule has 0 fully saturated rings. The molecule has 252 valence electrons. The zero-order chi connectivity index (χ0) is 33.9. The highest BCUT2D eigenvalue weighted by molar-refractivity contribution is 5.86. The van der Waals surface area contributed by atoms with Crippen LogP contribution in [0.4, 0.5) is 4.79 Å². The molecule has 1 aliphatic carbocycles. The Labute approximate surface area is 281 Å². The molecule has 0 saturated carbocycles. The number of carbonyl (C=O) groups excluding carboxylic acids is 4. The van der Waals surface area contributed by atoms with Crippen LogP contribution >= 0.6 is 0 Å². The van der Waals surface area contributed by atoms with Crippen LogP contribution in [0.15, 0.2) is 91.0 Å². The molecule has 0 aromatic heterocycles. The summed E-state index contributed by atoms with van der Waals surface area (Å²) in [7, 11) is 0. The number of ether oxygens (including phenoxy) is 2. The Morgan fingerprint density at radius 3 is 2.31 bits per heavy atom. The van der Waals surface area contributed by atoms with Gasteiger partial charge in [0.15, 0.2) is 0 Å². The Hall–Kier alpha value is -4.96. The lowest BCUT2D eigenvalue weighted by Gasteiger charge is -2.25. The van der Waals surface area contributed by atoms with Gasteiger partial charge in [-0.2, -0.15) is 0 Å². The number of carbonyl (C=O) groups is 4. The molecule has 10 heteroatoms. The van der Waals surface area contributed by atoms with Crippen LogP contribution in [0.25, 0.3) is 11.1 Å². The number of nitrogens with one attached hydrogen (secondary N) is 2. The molecule has 0 saturated heterocycles. The lowest BCUT2D eigenvalue weighted by Crippen LogP contribution is -2.45. The standard InChI is InChI=1S/C38H43N3O7/c1-26-24-47-37(45)34(40-38(46)48-25-33-31-17-10-8-15-29(31)30-16-9-11-18-32(30)33)19-7-3-6-14-28(36(44)39-26)22-35(43)41(20-21-42)23-27-12-4-2-5-13-27/h2-6,8-13,15-18,26,28,33-34,42H,7,14,19-25H2,1H3,(H,39,44)(H,40,46)/t26-,28+,34-/m0/s1. The van der Waals surface area contributed by atoms with Gasteiger partial charge in [0, 0.05) is 25.4 Å². The number of hydrogen-bond donors (Lipinski definition) is 3. The van der Waals surface area contributed by atoms with Gasteiger partial charge in [-0.25, -0.2) is 9.59 Å². The number of amides is 3. The Kier molecular flexibility index (Phi) is 12.0. The monoisotopic (exact) mass is 653 g/mol. The van der Waals surface area contributed by atoms with Crippen LogP contribution in [0, 0.1) is 5.92 Å². The van der Waals surface area contributed by atoms with Crippen molar-refractivity contribution in [1.82, 2.24) is 15.5 Å². The van der Waals surface area contributed by atoms with Crippen LogP contribution in [0.5, 0.6) is 0 Å². The predicted octanol–water partition coefficient (Wildman–Crippen LogP) is 4.71. The average molecular weight is 654 g/mol. The molecule has 10 nitrogen and oxygen atoms in total. The number of esters is 1. The highest BCUT2D eigenvalue weighted by Crippen LogP contribution is 2.44. The summed E-state index contributed by atoms with van der Waals surface area (Å²) in [5.74, 6) is -1.95. The van der Waals surface area contributed by atoms with Crippen molar-refractivity contribution in [3.63, 3.8) is 0 Å². The Morgan fingerprint density at radius 2 is 1.62 bits per heavy atom. The van der Waals surface area contributed by atoms with E-state index in [0.29, 0.717) is 19.4 Å². The minimum Gasteiger partial charge on any atom is -0.462 e. The van der Waals surface area contributed by atoms with Crippen LogP contribution in [0.3, 0.4) is 0 Å². The minimum atomic E-state index is -0.948. The zero-order valence-electron chi connectivity index (χ0n) is 27.2. The first kappa shape index (κ1) is 34.4. The summed E-state index contributed by atoms with van der Waals surface area (Å²) in [6.45, 7) is 2.01. The van der Waals surface area contributed by atoms with Gasteiger partial charge in [-0.3, -0.25) is 9.59 Å². The number of aliphatic hydroxyl groups excluding tert-OH is 1. The Morgan fingerprint density at radius 1 is 0.958 bits per heavy atom. The third-order valence-electron chi connectivity index (χ3n) is 8.72. The maximum atomic E-state index is 13.3. The number of nitrogens with zero attached hydrogens (tertiary/aromatic N) is 1. The van der Waals surface area contributed by atoms with E-state index in [9.17, 15) is 24.3 Å². The number of alkyl carbamates (subject to hydrolysis) is 1. The van der Waals surface area contributed by atoms with Crippen LogP contribution < -0.4 is 10.6 Å². The van der Waals surface area contributed by atoms with Gasteiger partial charge in [0.25, 0.3) is 0 Å². The molecule has 0 bridgehead atoms. The van der Waals surface area contributed by atoms with Crippen molar-refractivity contribution in [3.05, 3.63) is 108 Å². The molecule has 3 N–H and O–H groups in total. The first-order valence-electron chi connectivity index (χ1n) is 16.5. The third-order valence-corrected chi connectivity index (χ3v) is 8.72. The van der Waals surface area contributed by atoms with E-state index in [1.165, 1.54) is 0 Å². The van der Waals surface area contributed by atoms with E-state index in [0.717, 1.165) is 27.8 Å². The third kappa shape index (κ3) is 8.89. The molecule has 5 rings (SSSR count). The second kappa shape index (κ2) is 16.7. The van der Waals surface area contributed by atoms with Gasteiger partial charge in [-0.15, -0.1) is 0 Å². The maximum Gasteiger partial charge on any atom is 0.407 e. The van der Waals surface area contributed by atoms with Crippen molar-refractivity contribution < 1.29 is 33.8 Å². The molecule has 2 aliphatic rings. The van der Waals surface area contributed by atoms with Crippen molar-refractivity contribution >= 4 is 23.9 Å². The molecule has 3 aromatic rings. The van der Waals surface area contributed by atoms with E-state index < -0.39 is 30.1 Å². The maximum absolute atomic E-state index is 13.3. The minimum absolute atomic E-state index is 0.0402. The summed E-state index contributed by atoms with van der Waals surface area (Å²) in [6, 6.07) is 24.1. The summed E-state index contributed by atoms with van der Waals surface area (Å²) >= 11 is 0. The first-order valence-corrected chi connectivity index (χ1v) is 16.5. The molecule has 1 heterocycles. The van der Waals surface area contributed by atoms with E-state index in [-0.39, 0.29) is 56.9 Å². The predicted molar refractivity (Wildman–Crippen MR) is 181 cm³/mol. The molecule has 0 spiro atoms. The Balaban J connectivity index is 1.19. The van der Waals surface area contributed by atoms with Crippen molar-refractivity contribution in [1.29, 1.82) is 0 Å². The van der Waals surface area contributed by atoms with Crippen molar-refractivity contribution in [2.24, 2.45) is 5.92 Å². The molecule has 3 amide bonds. The molecular formula is C38H43N3O7. The van der Waals surface area contributed by atoms with Crippen LogP contribution in [-0.2, 0) is 30.4 Å². The fourth-order valence-electron chi connectivity index (χ4n) is 6.22. The Bertz CT molecular complexity index is 1560. The molecule has 3 aromatic carbocycles. The molecule has 0 unspecified atom stereocenters. The highest BCUT2D eigenvalue weighted by atomic mass is 16.6. The summed E-state index contributed by atoms with van der Waals surface area (Å²) in [4.78, 5) is 54.1. The molecule has 1 aliphatic heterocycles. The SMILES string of the molecule is C[C@H]1COC(=O)[C@@H](NC(=O)OCC2c3ccccc3-c3ccccc32)CCC=CC[C@H](CC(=O)N(CCO)Cc2ccccc2)C(=O)N1. The molecule has 48 heavy (non-hydrogen) atoms. The number of rotatable bonds is 9. The molecule has 3 atom stereocenters. The van der Waals surface area contributed by atoms with E-state index >= 15 is 0 Å². The second-order valence-corrected chi connectivity index (χ2v) is 12.3. The van der Waals surface area contributed by atoms with Gasteiger partial charge in [-0.05, 0) is 54.0 Å². The van der Waals surface area contributed by atoms with Crippen molar-refractivity contribution in [2.75, 3.05) is 26.4 Å². The largest absolute Gasteiger partial charge is 0.462 e. The summed E-state index contributed by atoms with van der Waals surface area (Å²) in [5.41, 5.74) is 5.35. The number of cyclic esters (lactones) is 1. The number of allylic oxidation sites excluding steroid dienone is 2. The van der Waals surface area contributed by atoms with Gasteiger partial charge in [0.1, 0.15) is 19.3 Å². The van der Waals surface area contributed by atoms with Crippen molar-refractivity contribution in [2.45, 2.75) is 57.2 Å². The normalized spacial score (nSPS) is 19.8. The smallest absolute Gasteiger partial charge is 0.407 e. The van der Waals surface area contributed by atoms with E-state index in [1.807, 2.05) is 78.9 Å². The fraction of sp³-hybridized carbons (Fsp3) is 0.368. The van der Waals surface area contributed by atoms with Gasteiger partial charge in [0.05, 0.1) is 18.6 Å². The van der Waals surface area contributed by atoms with E-state index in [2.05, 4.69) is 22.8 Å². The molecule has 0 radical (unpaired) electrons. The van der Waals surface area contributed by atoms with Crippen molar-refractivity contribution in [3.8, 4) is 11.1 Å². The highest BCUT2D eigenvalue weighted by Gasteiger charge is 2.31. The zero-order valence-corrected chi connectivity index (χ0v) is 27.2. The summed E-state index contributed by atoms with van der Waals surface area (Å²) in [6.07, 6.45) is 3.90. The van der Waals surface area contributed by atoms with Gasteiger partial charge in [-0.1, -0.05) is 91.0 Å².